The van der Waals surface area contributed by atoms with Crippen molar-refractivity contribution in [1.82, 2.24) is 5.43 Å². The molecule has 3 amide bonds. The maximum atomic E-state index is 11.9. The molecule has 0 aliphatic carbocycles. The number of hydrogen-bond donors (Lipinski definition) is 3. The zero-order valence-corrected chi connectivity index (χ0v) is 13.9. The Labute approximate surface area is 149 Å². The van der Waals surface area contributed by atoms with Gasteiger partial charge in [0.1, 0.15) is 0 Å². The molecule has 134 valence electrons. The van der Waals surface area contributed by atoms with E-state index >= 15 is 0 Å². The molecule has 0 unspecified atom stereocenters. The number of anilines is 2. The number of urea groups is 1. The van der Waals surface area contributed by atoms with Crippen LogP contribution in [0.25, 0.3) is 0 Å². The van der Waals surface area contributed by atoms with Crippen molar-refractivity contribution in [2.75, 3.05) is 10.6 Å². The number of benzene rings is 2. The van der Waals surface area contributed by atoms with Crippen LogP contribution in [-0.4, -0.2) is 22.6 Å². The predicted octanol–water partition coefficient (Wildman–Crippen LogP) is 3.12. The summed E-state index contributed by atoms with van der Waals surface area (Å²) in [6.45, 7) is 1.60. The Morgan fingerprint density at radius 1 is 1.00 bits per heavy atom. The highest BCUT2D eigenvalue weighted by atomic mass is 16.6. The Kier molecular flexibility index (Phi) is 6.38. The number of hydrazone groups is 1. The summed E-state index contributed by atoms with van der Waals surface area (Å²) in [7, 11) is 0. The summed E-state index contributed by atoms with van der Waals surface area (Å²) in [6.07, 6.45) is -0.0391. The minimum absolute atomic E-state index is 0.0391. The highest BCUT2D eigenvalue weighted by Crippen LogP contribution is 2.15. The first kappa shape index (κ1) is 18.6. The third-order valence-electron chi connectivity index (χ3n) is 3.16. The topological polar surface area (TPSA) is 126 Å². The molecule has 0 aromatic heterocycles. The molecule has 2 aromatic rings. The molecule has 0 aliphatic heterocycles. The summed E-state index contributed by atoms with van der Waals surface area (Å²) >= 11 is 0. The van der Waals surface area contributed by atoms with Gasteiger partial charge in [-0.1, -0.05) is 18.2 Å². The van der Waals surface area contributed by atoms with Gasteiger partial charge in [0, 0.05) is 29.2 Å². The summed E-state index contributed by atoms with van der Waals surface area (Å²) < 4.78 is 0. The van der Waals surface area contributed by atoms with E-state index in [0.29, 0.717) is 17.1 Å². The molecule has 0 aliphatic rings. The molecule has 0 bridgehead atoms. The van der Waals surface area contributed by atoms with E-state index in [1.54, 1.807) is 31.2 Å². The van der Waals surface area contributed by atoms with Crippen LogP contribution in [0.2, 0.25) is 0 Å². The highest BCUT2D eigenvalue weighted by Gasteiger charge is 2.08. The van der Waals surface area contributed by atoms with E-state index in [0.717, 1.165) is 0 Å². The molecule has 0 atom stereocenters. The maximum absolute atomic E-state index is 11.9. The molecule has 9 nitrogen and oxygen atoms in total. The lowest BCUT2D eigenvalue weighted by Gasteiger charge is -2.06. The molecule has 9 heteroatoms. The number of nitrogens with one attached hydrogen (secondary N) is 3. The van der Waals surface area contributed by atoms with Gasteiger partial charge in [-0.2, -0.15) is 5.10 Å². The molecule has 0 heterocycles. The van der Waals surface area contributed by atoms with Gasteiger partial charge in [0.05, 0.1) is 11.3 Å². The zero-order chi connectivity index (χ0) is 18.9. The molecule has 0 saturated carbocycles. The van der Waals surface area contributed by atoms with E-state index in [9.17, 15) is 19.7 Å². The van der Waals surface area contributed by atoms with Gasteiger partial charge < -0.3 is 10.6 Å². The quantitative estimate of drug-likeness (QED) is 0.418. The molecule has 2 rings (SSSR count). The third kappa shape index (κ3) is 6.04. The number of para-hydroxylation sites is 1. The maximum Gasteiger partial charge on any atom is 0.339 e. The Bertz CT molecular complexity index is 819. The van der Waals surface area contributed by atoms with Crippen LogP contribution >= 0.6 is 0 Å². The smallest absolute Gasteiger partial charge is 0.326 e. The van der Waals surface area contributed by atoms with E-state index < -0.39 is 11.0 Å². The molecule has 0 radical (unpaired) electrons. The largest absolute Gasteiger partial charge is 0.339 e. The second-order valence-electron chi connectivity index (χ2n) is 5.31. The Morgan fingerprint density at radius 3 is 2.23 bits per heavy atom. The van der Waals surface area contributed by atoms with Crippen molar-refractivity contribution < 1.29 is 14.5 Å². The van der Waals surface area contributed by atoms with Crippen LogP contribution in [0.3, 0.4) is 0 Å². The van der Waals surface area contributed by atoms with Crippen LogP contribution in [0.4, 0.5) is 21.9 Å². The average molecular weight is 355 g/mol. The number of hydrogen-bond acceptors (Lipinski definition) is 5. The number of non-ortho nitro benzene ring substituents is 1. The Morgan fingerprint density at radius 2 is 1.62 bits per heavy atom. The number of carbonyl (C=O) groups is 2. The van der Waals surface area contributed by atoms with Crippen molar-refractivity contribution in [1.29, 1.82) is 0 Å². The van der Waals surface area contributed by atoms with Crippen LogP contribution in [0.15, 0.2) is 59.7 Å². The lowest BCUT2D eigenvalue weighted by atomic mass is 10.2. The number of nitro benzene ring substituents is 1. The minimum Gasteiger partial charge on any atom is -0.326 e. The molecule has 3 N–H and O–H groups in total. The number of nitro groups is 1. The van der Waals surface area contributed by atoms with Gasteiger partial charge in [-0.15, -0.1) is 0 Å². The Hall–Kier alpha value is -3.75. The summed E-state index contributed by atoms with van der Waals surface area (Å²) in [5, 5.41) is 19.6. The van der Waals surface area contributed by atoms with E-state index in [4.69, 9.17) is 0 Å². The predicted molar refractivity (Wildman–Crippen MR) is 98.0 cm³/mol. The summed E-state index contributed by atoms with van der Waals surface area (Å²) in [5.74, 6) is -0.356. The van der Waals surface area contributed by atoms with Gasteiger partial charge in [0.15, 0.2) is 0 Å². The van der Waals surface area contributed by atoms with E-state index in [-0.39, 0.29) is 18.0 Å². The van der Waals surface area contributed by atoms with Crippen molar-refractivity contribution in [2.24, 2.45) is 5.10 Å². The summed E-state index contributed by atoms with van der Waals surface area (Å²) in [6, 6.07) is 13.8. The number of amides is 3. The standard InChI is InChI=1S/C17H17N5O4/c1-12(20-21-17(24)19-13-5-3-2-4-6-13)11-16(23)18-14-7-9-15(10-8-14)22(25)26/h2-10H,11H2,1H3,(H,18,23)(H2,19,21,24)/b20-12-. The lowest BCUT2D eigenvalue weighted by Crippen LogP contribution is -2.26. The molecule has 2 aromatic carbocycles. The molecule has 0 saturated heterocycles. The van der Waals surface area contributed by atoms with Crippen LogP contribution in [0, 0.1) is 10.1 Å². The minimum atomic E-state index is -0.522. The van der Waals surface area contributed by atoms with Gasteiger partial charge in [0.2, 0.25) is 5.91 Å². The fraction of sp³-hybridized carbons (Fsp3) is 0.118. The fourth-order valence-electron chi connectivity index (χ4n) is 1.97. The Balaban J connectivity index is 1.81. The summed E-state index contributed by atoms with van der Waals surface area (Å²) in [4.78, 5) is 33.7. The molecule has 0 fully saturated rings. The zero-order valence-electron chi connectivity index (χ0n) is 13.9. The number of rotatable bonds is 6. The van der Waals surface area contributed by atoms with E-state index in [2.05, 4.69) is 21.2 Å². The van der Waals surface area contributed by atoms with Crippen molar-refractivity contribution in [3.63, 3.8) is 0 Å². The van der Waals surface area contributed by atoms with Crippen LogP contribution in [-0.2, 0) is 4.79 Å². The van der Waals surface area contributed by atoms with Crippen LogP contribution < -0.4 is 16.1 Å². The van der Waals surface area contributed by atoms with Crippen molar-refractivity contribution in [2.45, 2.75) is 13.3 Å². The van der Waals surface area contributed by atoms with Crippen LogP contribution in [0.1, 0.15) is 13.3 Å². The number of carbonyl (C=O) groups excluding carboxylic acids is 2. The van der Waals surface area contributed by atoms with Gasteiger partial charge in [0.25, 0.3) is 5.69 Å². The monoisotopic (exact) mass is 355 g/mol. The second-order valence-corrected chi connectivity index (χ2v) is 5.31. The molecular weight excluding hydrogens is 338 g/mol. The van der Waals surface area contributed by atoms with E-state index in [1.807, 2.05) is 6.07 Å². The molecule has 0 spiro atoms. The molecule has 26 heavy (non-hydrogen) atoms. The fourth-order valence-corrected chi connectivity index (χ4v) is 1.97. The van der Waals surface area contributed by atoms with Crippen LogP contribution in [0.5, 0.6) is 0 Å². The van der Waals surface area contributed by atoms with Gasteiger partial charge in [-0.05, 0) is 31.2 Å². The van der Waals surface area contributed by atoms with Crippen molar-refractivity contribution >= 4 is 34.7 Å². The summed E-state index contributed by atoms with van der Waals surface area (Å²) in [5.41, 5.74) is 3.69. The highest BCUT2D eigenvalue weighted by molar-refractivity contribution is 6.05. The van der Waals surface area contributed by atoms with Gasteiger partial charge in [-0.3, -0.25) is 14.9 Å². The van der Waals surface area contributed by atoms with E-state index in [1.165, 1.54) is 24.3 Å². The first-order valence-electron chi connectivity index (χ1n) is 7.63. The van der Waals surface area contributed by atoms with Gasteiger partial charge >= 0.3 is 6.03 Å². The van der Waals surface area contributed by atoms with Gasteiger partial charge in [-0.25, -0.2) is 10.2 Å². The average Bonchev–Trinajstić information content (AvgIpc) is 2.61. The normalized spacial score (nSPS) is 10.7. The number of nitrogens with zero attached hydrogens (tertiary/aromatic N) is 2. The first-order chi connectivity index (χ1) is 12.4. The lowest BCUT2D eigenvalue weighted by molar-refractivity contribution is -0.384. The first-order valence-corrected chi connectivity index (χ1v) is 7.63. The molecular formula is C17H17N5O4. The second kappa shape index (κ2) is 8.92. The SMILES string of the molecule is C/C(CC(=O)Nc1ccc([N+](=O)[O-])cc1)=N/NC(=O)Nc1ccccc1. The van der Waals surface area contributed by atoms with Crippen molar-refractivity contribution in [3.8, 4) is 0 Å². The van der Waals surface area contributed by atoms with Crippen molar-refractivity contribution in [3.05, 3.63) is 64.7 Å². The third-order valence-corrected chi connectivity index (χ3v) is 3.16.